The van der Waals surface area contributed by atoms with Gasteiger partial charge in [0.25, 0.3) is 0 Å². The normalized spacial score (nSPS) is 15.2. The molecule has 1 saturated carbocycles. The second-order valence-electron chi connectivity index (χ2n) is 8.18. The zero-order chi connectivity index (χ0) is 22.6. The van der Waals surface area contributed by atoms with E-state index < -0.39 is 6.09 Å². The van der Waals surface area contributed by atoms with E-state index in [0.717, 1.165) is 50.0 Å². The van der Waals surface area contributed by atoms with Crippen LogP contribution in [0.4, 0.5) is 4.79 Å². The highest BCUT2D eigenvalue weighted by molar-refractivity contribution is 5.69. The van der Waals surface area contributed by atoms with Crippen molar-refractivity contribution >= 4 is 11.8 Å². The fourth-order valence-corrected chi connectivity index (χ4v) is 3.64. The van der Waals surface area contributed by atoms with Crippen LogP contribution in [0.5, 0.6) is 5.75 Å². The first-order valence-electron chi connectivity index (χ1n) is 11.4. The van der Waals surface area contributed by atoms with Crippen LogP contribution < -0.4 is 21.6 Å². The molecule has 1 aliphatic carbocycles. The van der Waals surface area contributed by atoms with Crippen LogP contribution in [-0.4, -0.2) is 42.4 Å². The summed E-state index contributed by atoms with van der Waals surface area (Å²) in [7, 11) is 1.67. The summed E-state index contributed by atoms with van der Waals surface area (Å²) in [6.07, 6.45) is 9.87. The van der Waals surface area contributed by atoms with Crippen LogP contribution in [0.1, 0.15) is 76.1 Å². The summed E-state index contributed by atoms with van der Waals surface area (Å²) in [4.78, 5) is 16.6. The number of unbranched alkanes of at least 4 members (excludes halogenated alkanes) is 3. The van der Waals surface area contributed by atoms with Gasteiger partial charge in [-0.2, -0.15) is 0 Å². The summed E-state index contributed by atoms with van der Waals surface area (Å²) in [6.45, 7) is 4.60. The van der Waals surface area contributed by atoms with E-state index in [2.05, 4.69) is 17.2 Å². The maximum Gasteiger partial charge on any atom is 0.407 e. The third-order valence-electron chi connectivity index (χ3n) is 5.53. The Balaban J connectivity index is 1.98. The minimum atomic E-state index is -0.482. The Kier molecular flexibility index (Phi) is 10.4. The van der Waals surface area contributed by atoms with Gasteiger partial charge in [-0.3, -0.25) is 0 Å². The van der Waals surface area contributed by atoms with Crippen LogP contribution >= 0.6 is 0 Å². The van der Waals surface area contributed by atoms with Gasteiger partial charge >= 0.3 is 6.09 Å². The van der Waals surface area contributed by atoms with Gasteiger partial charge in [-0.15, -0.1) is 0 Å². The number of alkyl carbamates (subject to hydrolysis) is 1. The third-order valence-corrected chi connectivity index (χ3v) is 5.53. The maximum atomic E-state index is 12.0. The van der Waals surface area contributed by atoms with E-state index in [4.69, 9.17) is 21.1 Å². The van der Waals surface area contributed by atoms with Crippen molar-refractivity contribution in [1.29, 1.82) is 0 Å². The highest BCUT2D eigenvalue weighted by Gasteiger charge is 2.18. The van der Waals surface area contributed by atoms with Crippen LogP contribution in [0.2, 0.25) is 0 Å². The molecule has 2 rings (SSSR count). The number of rotatable bonds is 11. The summed E-state index contributed by atoms with van der Waals surface area (Å²) in [6, 6.07) is 3.74. The molecular weight excluding hydrogens is 394 g/mol. The van der Waals surface area contributed by atoms with Gasteiger partial charge in [0.1, 0.15) is 5.75 Å². The van der Waals surface area contributed by atoms with Crippen molar-refractivity contribution < 1.29 is 14.3 Å². The lowest BCUT2D eigenvalue weighted by Gasteiger charge is -2.24. The van der Waals surface area contributed by atoms with E-state index in [-0.39, 0.29) is 12.6 Å². The number of ether oxygens (including phenoxy) is 2. The number of likely N-dealkylation sites (N-methyl/N-ethyl adjacent to an activating group) is 1. The number of amides is 1. The van der Waals surface area contributed by atoms with Crippen LogP contribution in [-0.2, 0) is 4.74 Å². The average Bonchev–Trinajstić information content (AvgIpc) is 2.75. The van der Waals surface area contributed by atoms with Crippen molar-refractivity contribution in [3.8, 4) is 5.75 Å². The predicted octanol–water partition coefficient (Wildman–Crippen LogP) is 3.84. The molecule has 0 unspecified atom stereocenters. The number of nitrogens with zero attached hydrogens (tertiary/aromatic N) is 2. The second kappa shape index (κ2) is 13.0. The van der Waals surface area contributed by atoms with E-state index in [1.807, 2.05) is 19.1 Å². The highest BCUT2D eigenvalue weighted by Crippen LogP contribution is 2.26. The number of hydrogen-bond donors (Lipinski definition) is 3. The topological polar surface area (TPSA) is 116 Å². The lowest BCUT2D eigenvalue weighted by molar-refractivity contribution is 0.144. The van der Waals surface area contributed by atoms with E-state index in [1.54, 1.807) is 7.05 Å². The number of aryl methyl sites for hydroxylation is 1. The number of hydrogen-bond acceptors (Lipinski definition) is 7. The van der Waals surface area contributed by atoms with E-state index in [1.165, 1.54) is 24.3 Å². The van der Waals surface area contributed by atoms with Crippen molar-refractivity contribution in [2.45, 2.75) is 77.7 Å². The predicted molar refractivity (Wildman–Crippen MR) is 123 cm³/mol. The van der Waals surface area contributed by atoms with Gasteiger partial charge in [0.15, 0.2) is 0 Å². The minimum Gasteiger partial charge on any atom is -0.489 e. The molecule has 0 bridgehead atoms. The molecule has 1 amide bonds. The van der Waals surface area contributed by atoms with Crippen molar-refractivity contribution in [2.24, 2.45) is 11.6 Å². The summed E-state index contributed by atoms with van der Waals surface area (Å²) in [5, 5.41) is 4.10. The molecule has 1 fully saturated rings. The Labute approximate surface area is 186 Å². The molecule has 1 aliphatic rings. The molecule has 1 aromatic heterocycles. The van der Waals surface area contributed by atoms with Gasteiger partial charge in [-0.1, -0.05) is 32.6 Å². The van der Waals surface area contributed by atoms with Gasteiger partial charge in [0.05, 0.1) is 42.0 Å². The monoisotopic (exact) mass is 433 g/mol. The first-order valence-corrected chi connectivity index (χ1v) is 11.4. The fourth-order valence-electron chi connectivity index (χ4n) is 3.64. The smallest absolute Gasteiger partial charge is 0.407 e. The number of carbonyl (C=O) groups is 1. The number of pyridine rings is 1. The number of carbonyl (C=O) groups excluding carboxylic acids is 1. The second-order valence-corrected chi connectivity index (χ2v) is 8.18. The molecule has 174 valence electrons. The molecule has 31 heavy (non-hydrogen) atoms. The lowest BCUT2D eigenvalue weighted by atomic mass is 9.98. The first-order chi connectivity index (χ1) is 14.9. The maximum absolute atomic E-state index is 12.0. The molecule has 1 aromatic rings. The molecule has 0 aromatic carbocycles. The van der Waals surface area contributed by atoms with Crippen LogP contribution in [0.15, 0.2) is 17.8 Å². The quantitative estimate of drug-likeness (QED) is 0.276. The fraction of sp³-hybridized carbons (Fsp3) is 0.652. The Morgan fingerprint density at radius 3 is 2.61 bits per heavy atom. The molecule has 0 atom stereocenters. The summed E-state index contributed by atoms with van der Waals surface area (Å²) >= 11 is 0. The molecule has 5 N–H and O–H groups in total. The largest absolute Gasteiger partial charge is 0.489 e. The van der Waals surface area contributed by atoms with Crippen molar-refractivity contribution in [1.82, 2.24) is 15.3 Å². The Bertz CT molecular complexity index is 730. The van der Waals surface area contributed by atoms with E-state index in [0.29, 0.717) is 23.7 Å². The van der Waals surface area contributed by atoms with Gasteiger partial charge in [0.2, 0.25) is 0 Å². The van der Waals surface area contributed by atoms with Gasteiger partial charge in [-0.25, -0.2) is 15.6 Å². The van der Waals surface area contributed by atoms with E-state index >= 15 is 0 Å². The molecule has 0 saturated heterocycles. The number of aromatic nitrogens is 1. The Morgan fingerprint density at radius 2 is 1.97 bits per heavy atom. The van der Waals surface area contributed by atoms with Crippen molar-refractivity contribution in [3.63, 3.8) is 0 Å². The SMILES string of the molecule is CCCCCCOC(=O)NC/C(=C(/N)c1ccc(OC2CCCCC2)c(C)n1)N(C)N. The molecular formula is C23H39N5O3. The molecule has 0 spiro atoms. The standard InChI is InChI=1S/C23H39N5O3/c1-4-5-6-10-15-30-23(29)26-16-20(28(3)25)22(24)19-13-14-21(17(2)27-19)31-18-11-8-7-9-12-18/h13-14,18H,4-12,15-16,24-25H2,1-3H3,(H,26,29)/b22-20-. The van der Waals surface area contributed by atoms with Crippen LogP contribution in [0.25, 0.3) is 5.70 Å². The van der Waals surface area contributed by atoms with Crippen molar-refractivity contribution in [2.75, 3.05) is 20.2 Å². The molecule has 0 radical (unpaired) electrons. The zero-order valence-corrected chi connectivity index (χ0v) is 19.3. The summed E-state index contributed by atoms with van der Waals surface area (Å²) in [5.41, 5.74) is 8.68. The van der Waals surface area contributed by atoms with Gasteiger partial charge in [0, 0.05) is 7.05 Å². The minimum absolute atomic E-state index is 0.147. The first kappa shape index (κ1) is 24.8. The third kappa shape index (κ3) is 8.28. The molecule has 8 heteroatoms. The number of hydrazine groups is 1. The number of nitrogens with two attached hydrogens (primary N) is 2. The summed E-state index contributed by atoms with van der Waals surface area (Å²) < 4.78 is 11.3. The van der Waals surface area contributed by atoms with E-state index in [9.17, 15) is 4.79 Å². The molecule has 8 nitrogen and oxygen atoms in total. The zero-order valence-electron chi connectivity index (χ0n) is 19.3. The van der Waals surface area contributed by atoms with Crippen LogP contribution in [0.3, 0.4) is 0 Å². The Morgan fingerprint density at radius 1 is 1.23 bits per heavy atom. The average molecular weight is 434 g/mol. The Hall–Kier alpha value is -2.48. The number of nitrogens with one attached hydrogen (secondary N) is 1. The lowest BCUT2D eigenvalue weighted by Crippen LogP contribution is -2.36. The van der Waals surface area contributed by atoms with Gasteiger partial charge < -0.3 is 25.5 Å². The van der Waals surface area contributed by atoms with Gasteiger partial charge in [-0.05, 0) is 51.2 Å². The van der Waals surface area contributed by atoms with Crippen molar-refractivity contribution in [3.05, 3.63) is 29.2 Å². The highest BCUT2D eigenvalue weighted by atomic mass is 16.5. The summed E-state index contributed by atoms with van der Waals surface area (Å²) in [5.74, 6) is 6.75. The van der Waals surface area contributed by atoms with Crippen LogP contribution in [0, 0.1) is 6.92 Å². The molecule has 1 heterocycles. The molecule has 0 aliphatic heterocycles.